The number of ether oxygens (including phenoxy) is 5. The molecule has 1 aliphatic rings. The van der Waals surface area contributed by atoms with Gasteiger partial charge in [-0.3, -0.25) is 4.79 Å². The van der Waals surface area contributed by atoms with Crippen molar-refractivity contribution in [3.63, 3.8) is 0 Å². The second kappa shape index (κ2) is 40.6. The largest absolute Gasteiger partial charge is 0.497 e. The third-order valence-electron chi connectivity index (χ3n) is 12.3. The quantitative estimate of drug-likeness (QED) is 0.0970. The summed E-state index contributed by atoms with van der Waals surface area (Å²) in [6, 6.07) is 57.3. The molecule has 1 unspecified atom stereocenters. The number of methoxy groups -OCH3 is 2. The van der Waals surface area contributed by atoms with Crippen LogP contribution in [-0.4, -0.2) is 37.0 Å². The molecular weight excluding hydrogens is 1110 g/mol. The monoisotopic (exact) mass is 1210 g/mol. The van der Waals surface area contributed by atoms with Gasteiger partial charge in [0.25, 0.3) is 0 Å². The zero-order valence-electron chi connectivity index (χ0n) is 55.6. The highest BCUT2D eigenvalue weighted by Gasteiger charge is 2.49. The van der Waals surface area contributed by atoms with E-state index >= 15 is 0 Å². The van der Waals surface area contributed by atoms with Crippen molar-refractivity contribution in [3.8, 4) is 34.5 Å². The summed E-state index contributed by atoms with van der Waals surface area (Å²) in [5.41, 5.74) is 5.67. The summed E-state index contributed by atoms with van der Waals surface area (Å²) in [5, 5.41) is 0. The van der Waals surface area contributed by atoms with Gasteiger partial charge in [0.2, 0.25) is 19.7 Å². The molecule has 0 aromatic heterocycles. The Labute approximate surface area is 519 Å². The van der Waals surface area contributed by atoms with Gasteiger partial charge in [0.1, 0.15) is 34.5 Å². The summed E-state index contributed by atoms with van der Waals surface area (Å²) in [4.78, 5) is 12.5. The maximum Gasteiger partial charge on any atom is 0.311 e. The molecule has 12 heteroatoms. The molecule has 1 saturated heterocycles. The molecule has 0 bridgehead atoms. The molecule has 1 heterocycles. The number of sulfone groups is 2. The number of aryl methyl sites for hydroxylation is 2. The maximum atomic E-state index is 12.9. The highest BCUT2D eigenvalue weighted by atomic mass is 32.2. The summed E-state index contributed by atoms with van der Waals surface area (Å²) < 4.78 is 79.3. The lowest BCUT2D eigenvalue weighted by atomic mass is 9.78. The summed E-state index contributed by atoms with van der Waals surface area (Å²) >= 11 is 0. The van der Waals surface area contributed by atoms with Gasteiger partial charge in [-0.25, -0.2) is 16.8 Å². The van der Waals surface area contributed by atoms with Crippen LogP contribution in [0.25, 0.3) is 0 Å². The van der Waals surface area contributed by atoms with Gasteiger partial charge in [0, 0.05) is 16.5 Å². The van der Waals surface area contributed by atoms with E-state index in [-0.39, 0.29) is 37.4 Å². The summed E-state index contributed by atoms with van der Waals surface area (Å²) in [6.45, 7) is 40.5. The van der Waals surface area contributed by atoms with Crippen molar-refractivity contribution in [2.75, 3.05) is 14.2 Å². The first-order chi connectivity index (χ1) is 41.5. The van der Waals surface area contributed by atoms with Crippen molar-refractivity contribution in [1.82, 2.24) is 0 Å². The summed E-state index contributed by atoms with van der Waals surface area (Å²) in [7, 11) is -4.20. The van der Waals surface area contributed by atoms with Crippen LogP contribution in [0.1, 0.15) is 164 Å². The van der Waals surface area contributed by atoms with E-state index in [1.807, 2.05) is 166 Å². The van der Waals surface area contributed by atoms with Crippen molar-refractivity contribution in [3.05, 3.63) is 228 Å². The van der Waals surface area contributed by atoms with Crippen LogP contribution in [0.5, 0.6) is 34.5 Å². The van der Waals surface area contributed by atoms with Crippen molar-refractivity contribution in [1.29, 1.82) is 0 Å². The third kappa shape index (κ3) is 21.4. The predicted octanol–water partition coefficient (Wildman–Crippen LogP) is 21.0. The first-order valence-corrected chi connectivity index (χ1v) is 33.4. The van der Waals surface area contributed by atoms with Gasteiger partial charge in [0.15, 0.2) is 5.60 Å². The first-order valence-electron chi connectivity index (χ1n) is 30.4. The molecule has 0 N–H and O–H groups in total. The molecule has 0 aliphatic carbocycles. The lowest BCUT2D eigenvalue weighted by Crippen LogP contribution is -2.45. The van der Waals surface area contributed by atoms with Crippen LogP contribution >= 0.6 is 0 Å². The van der Waals surface area contributed by atoms with Gasteiger partial charge < -0.3 is 23.7 Å². The minimum absolute atomic E-state index is 0.135. The Balaban J connectivity index is 0.00000137. The fraction of sp³-hybridized carbons (Fsp3) is 0.338. The molecule has 9 rings (SSSR count). The molecule has 86 heavy (non-hydrogen) atoms. The Morgan fingerprint density at radius 2 is 0.558 bits per heavy atom. The van der Waals surface area contributed by atoms with Crippen LogP contribution in [0.4, 0.5) is 0 Å². The average molecular weight is 1210 g/mol. The highest BCUT2D eigenvalue weighted by molar-refractivity contribution is 7.91. The Morgan fingerprint density at radius 1 is 0.349 bits per heavy atom. The lowest BCUT2D eigenvalue weighted by Gasteiger charge is -2.41. The Bertz CT molecular complexity index is 3290. The van der Waals surface area contributed by atoms with Gasteiger partial charge in [0.05, 0.1) is 40.2 Å². The molecule has 0 saturated carbocycles. The normalized spacial score (nSPS) is 12.4. The number of carbonyl (C=O) groups excluding carboxylic acids is 1. The number of hydrogen-bond donors (Lipinski definition) is 0. The highest BCUT2D eigenvalue weighted by Crippen LogP contribution is 2.45. The molecule has 1 fully saturated rings. The smallest absolute Gasteiger partial charge is 0.311 e. The fourth-order valence-electron chi connectivity index (χ4n) is 8.00. The SMILES string of the molecule is CC.CC.CC.CC.CC.CC.CC.CC.COc1ccc(S(=O)(=O)c2ccc(Oc3ccc(C(C)(C)c4ccc(C)cc4)cc3)cc2)cc1.COc1ccc(S(=O)(=O)c2ccc(Oc3ccc(C4(c5ccc(C)cc5)CC(=O)O4)cc3)cc2)cc1. The molecular formula is C74H100O10S2. The molecule has 8 aromatic rings. The summed E-state index contributed by atoms with van der Waals surface area (Å²) in [5.74, 6) is 3.29. The van der Waals surface area contributed by atoms with Crippen LogP contribution < -0.4 is 18.9 Å². The number of rotatable bonds is 14. The van der Waals surface area contributed by atoms with Crippen molar-refractivity contribution >= 4 is 25.6 Å². The van der Waals surface area contributed by atoms with Crippen LogP contribution in [0.15, 0.2) is 214 Å². The zero-order valence-corrected chi connectivity index (χ0v) is 57.2. The molecule has 10 nitrogen and oxygen atoms in total. The van der Waals surface area contributed by atoms with E-state index in [1.165, 1.54) is 60.2 Å². The molecule has 0 amide bonds. The first kappa shape index (κ1) is 78.3. The topological polar surface area (TPSA) is 132 Å². The minimum Gasteiger partial charge on any atom is -0.497 e. The molecule has 1 atom stereocenters. The van der Waals surface area contributed by atoms with E-state index in [9.17, 15) is 21.6 Å². The van der Waals surface area contributed by atoms with Gasteiger partial charge >= 0.3 is 5.97 Å². The molecule has 8 aromatic carbocycles. The van der Waals surface area contributed by atoms with Gasteiger partial charge in [-0.2, -0.15) is 0 Å². The van der Waals surface area contributed by atoms with E-state index in [2.05, 4.69) is 57.2 Å². The predicted molar refractivity (Wildman–Crippen MR) is 360 cm³/mol. The number of cyclic esters (lactones) is 1. The van der Waals surface area contributed by atoms with Gasteiger partial charge in [-0.05, 0) is 146 Å². The average Bonchev–Trinajstić information content (AvgIpc) is 1.48. The Kier molecular flexibility index (Phi) is 37.0. The lowest BCUT2D eigenvalue weighted by molar-refractivity contribution is -0.185. The fourth-order valence-corrected chi connectivity index (χ4v) is 10.5. The molecule has 1 aliphatic heterocycles. The van der Waals surface area contributed by atoms with E-state index in [1.54, 1.807) is 79.9 Å². The van der Waals surface area contributed by atoms with E-state index in [0.29, 0.717) is 34.5 Å². The molecule has 0 radical (unpaired) electrons. The van der Waals surface area contributed by atoms with Crippen molar-refractivity contribution in [2.24, 2.45) is 0 Å². The van der Waals surface area contributed by atoms with Crippen molar-refractivity contribution < 1.29 is 45.3 Å². The van der Waals surface area contributed by atoms with E-state index in [0.717, 1.165) is 16.7 Å². The number of esters is 1. The van der Waals surface area contributed by atoms with Crippen molar-refractivity contribution in [2.45, 2.75) is 175 Å². The van der Waals surface area contributed by atoms with Crippen LogP contribution in [0, 0.1) is 13.8 Å². The second-order valence-corrected chi connectivity index (χ2v) is 21.3. The molecule has 0 spiro atoms. The number of hydrogen-bond acceptors (Lipinski definition) is 10. The van der Waals surface area contributed by atoms with Gasteiger partial charge in [-0.15, -0.1) is 0 Å². The summed E-state index contributed by atoms with van der Waals surface area (Å²) in [6.07, 6.45) is 0.278. The molecule has 468 valence electrons. The standard InChI is InChI=1S/C29H24O6S.C29H28O4S.8C2H6/c1-20-3-5-21(6-4-20)29(19-28(30)35-29)22-7-9-24(10-8-22)34-25-13-17-27(18-14-25)36(31,32)26-15-11-23(33-2)12-16-26;1-21-5-7-22(8-6-21)29(2,3)23-9-11-25(12-10-23)33-26-15-19-28(20-16-26)34(30,31)27-17-13-24(32-4)14-18-27;8*1-2/h3-18H,19H2,1-2H3;5-20H,1-4H3;8*1-2H3. The van der Waals surface area contributed by atoms with Gasteiger partial charge in [-0.1, -0.05) is 209 Å². The Hall–Kier alpha value is -7.67. The third-order valence-corrected chi connectivity index (χ3v) is 15.9. The second-order valence-electron chi connectivity index (χ2n) is 17.4. The number of carbonyl (C=O) groups is 1. The minimum atomic E-state index is -3.66. The van der Waals surface area contributed by atoms with E-state index < -0.39 is 25.3 Å². The maximum absolute atomic E-state index is 12.9. The van der Waals surface area contributed by atoms with Crippen LogP contribution in [-0.2, 0) is 40.2 Å². The zero-order chi connectivity index (χ0) is 65.7. The Morgan fingerprint density at radius 3 is 0.814 bits per heavy atom. The van der Waals surface area contributed by atoms with Crippen LogP contribution in [0.3, 0.4) is 0 Å². The van der Waals surface area contributed by atoms with E-state index in [4.69, 9.17) is 23.7 Å². The number of benzene rings is 8. The van der Waals surface area contributed by atoms with Crippen LogP contribution in [0.2, 0.25) is 0 Å².